The molecule has 2 rings (SSSR count). The lowest BCUT2D eigenvalue weighted by atomic mass is 10.2. The predicted octanol–water partition coefficient (Wildman–Crippen LogP) is 2.25. The Kier molecular flexibility index (Phi) is 4.27. The second kappa shape index (κ2) is 5.84. The highest BCUT2D eigenvalue weighted by atomic mass is 32.2. The summed E-state index contributed by atoms with van der Waals surface area (Å²) >= 11 is 0. The molecule has 0 unspecified atom stereocenters. The van der Waals surface area contributed by atoms with Gasteiger partial charge in [-0.05, 0) is 37.6 Å². The first-order valence-corrected chi connectivity index (χ1v) is 8.20. The molecule has 0 bridgehead atoms. The van der Waals surface area contributed by atoms with Gasteiger partial charge in [-0.1, -0.05) is 12.1 Å². The maximum absolute atomic E-state index is 12.8. The van der Waals surface area contributed by atoms with Gasteiger partial charge in [0.25, 0.3) is 10.0 Å². The molecule has 0 atom stereocenters. The molecule has 2 aromatic rings. The van der Waals surface area contributed by atoms with E-state index in [1.165, 1.54) is 28.2 Å². The Hall–Kier alpha value is -2.28. The summed E-state index contributed by atoms with van der Waals surface area (Å²) in [6, 6.07) is 8.35. The van der Waals surface area contributed by atoms with Gasteiger partial charge in [-0.3, -0.25) is 4.31 Å². The van der Waals surface area contributed by atoms with Crippen LogP contribution in [-0.2, 0) is 17.1 Å². The van der Waals surface area contributed by atoms with Crippen LogP contribution in [0.25, 0.3) is 0 Å². The standard InChI is InChI=1S/C15H18N2O4S/c1-4-17(12-7-5-6-11(2)8-12)22(20,21)13-9-14(15(18)19)16(3)10-13/h5-10H,4H2,1-3H3,(H,18,19). The first-order valence-electron chi connectivity index (χ1n) is 6.76. The normalized spacial score (nSPS) is 11.4. The first kappa shape index (κ1) is 16.1. The number of aromatic carboxylic acids is 1. The van der Waals surface area contributed by atoms with Crippen LogP contribution in [-0.4, -0.2) is 30.6 Å². The molecule has 0 saturated carbocycles. The highest BCUT2D eigenvalue weighted by Gasteiger charge is 2.26. The minimum Gasteiger partial charge on any atom is -0.477 e. The number of benzene rings is 1. The maximum Gasteiger partial charge on any atom is 0.352 e. The SMILES string of the molecule is CCN(c1cccc(C)c1)S(=O)(=O)c1cc(C(=O)O)n(C)c1. The lowest BCUT2D eigenvalue weighted by molar-refractivity contribution is 0.0686. The number of anilines is 1. The van der Waals surface area contributed by atoms with E-state index in [-0.39, 0.29) is 17.1 Å². The zero-order chi connectivity index (χ0) is 16.5. The van der Waals surface area contributed by atoms with Crippen LogP contribution in [0.5, 0.6) is 0 Å². The molecular formula is C15H18N2O4S. The molecule has 0 spiro atoms. The number of nitrogens with zero attached hydrogens (tertiary/aromatic N) is 2. The summed E-state index contributed by atoms with van der Waals surface area (Å²) in [5, 5.41) is 9.06. The molecule has 6 nitrogen and oxygen atoms in total. The summed E-state index contributed by atoms with van der Waals surface area (Å²) in [6.45, 7) is 3.87. The highest BCUT2D eigenvalue weighted by Crippen LogP contribution is 2.25. The van der Waals surface area contributed by atoms with Crippen molar-refractivity contribution >= 4 is 21.7 Å². The van der Waals surface area contributed by atoms with Crippen molar-refractivity contribution < 1.29 is 18.3 Å². The maximum atomic E-state index is 12.8. The largest absolute Gasteiger partial charge is 0.477 e. The molecule has 1 heterocycles. The Balaban J connectivity index is 2.52. The van der Waals surface area contributed by atoms with Gasteiger partial charge in [0.1, 0.15) is 10.6 Å². The molecule has 7 heteroatoms. The van der Waals surface area contributed by atoms with E-state index in [0.29, 0.717) is 5.69 Å². The Morgan fingerprint density at radius 1 is 1.32 bits per heavy atom. The minimum absolute atomic E-state index is 0.0317. The second-order valence-electron chi connectivity index (χ2n) is 4.99. The van der Waals surface area contributed by atoms with Crippen molar-refractivity contribution in [3.63, 3.8) is 0 Å². The van der Waals surface area contributed by atoms with Crippen molar-refractivity contribution in [2.45, 2.75) is 18.7 Å². The topological polar surface area (TPSA) is 79.6 Å². The van der Waals surface area contributed by atoms with Crippen LogP contribution in [0.3, 0.4) is 0 Å². The van der Waals surface area contributed by atoms with Gasteiger partial charge < -0.3 is 9.67 Å². The van der Waals surface area contributed by atoms with E-state index >= 15 is 0 Å². The molecule has 0 aliphatic carbocycles. The zero-order valence-corrected chi connectivity index (χ0v) is 13.5. The molecule has 118 valence electrons. The quantitative estimate of drug-likeness (QED) is 0.915. The van der Waals surface area contributed by atoms with E-state index < -0.39 is 16.0 Å². The van der Waals surface area contributed by atoms with Crippen LogP contribution < -0.4 is 4.31 Å². The van der Waals surface area contributed by atoms with Crippen LogP contribution in [0.2, 0.25) is 0 Å². The van der Waals surface area contributed by atoms with Crippen LogP contribution in [0.15, 0.2) is 41.4 Å². The van der Waals surface area contributed by atoms with Crippen molar-refractivity contribution in [3.05, 3.63) is 47.8 Å². The summed E-state index contributed by atoms with van der Waals surface area (Å²) in [5.74, 6) is -1.16. The monoisotopic (exact) mass is 322 g/mol. The number of hydrogen-bond donors (Lipinski definition) is 1. The number of carboxylic acid groups (broad SMARTS) is 1. The molecule has 0 aliphatic rings. The number of carboxylic acids is 1. The van der Waals surface area contributed by atoms with E-state index in [9.17, 15) is 13.2 Å². The molecule has 0 radical (unpaired) electrons. The van der Waals surface area contributed by atoms with Gasteiger partial charge in [0.05, 0.1) is 5.69 Å². The summed E-state index contributed by atoms with van der Waals surface area (Å²) < 4.78 is 28.1. The fourth-order valence-electron chi connectivity index (χ4n) is 2.29. The van der Waals surface area contributed by atoms with Crippen molar-refractivity contribution in [1.82, 2.24) is 4.57 Å². The lowest BCUT2D eigenvalue weighted by Crippen LogP contribution is -2.30. The molecule has 22 heavy (non-hydrogen) atoms. The predicted molar refractivity (Wildman–Crippen MR) is 83.8 cm³/mol. The molecule has 1 aromatic heterocycles. The minimum atomic E-state index is -3.81. The molecule has 0 fully saturated rings. The van der Waals surface area contributed by atoms with Crippen molar-refractivity contribution in [2.75, 3.05) is 10.8 Å². The molecule has 0 amide bonds. The summed E-state index contributed by atoms with van der Waals surface area (Å²) in [6.07, 6.45) is 1.32. The van der Waals surface area contributed by atoms with Gasteiger partial charge in [0.15, 0.2) is 0 Å². The van der Waals surface area contributed by atoms with Gasteiger partial charge >= 0.3 is 5.97 Å². The Morgan fingerprint density at radius 2 is 2.00 bits per heavy atom. The van der Waals surface area contributed by atoms with E-state index in [0.717, 1.165) is 5.56 Å². The number of rotatable bonds is 5. The van der Waals surface area contributed by atoms with E-state index in [4.69, 9.17) is 5.11 Å². The Labute approximate surface area is 129 Å². The summed E-state index contributed by atoms with van der Waals surface area (Å²) in [4.78, 5) is 11.1. The fourth-order valence-corrected chi connectivity index (χ4v) is 3.83. The zero-order valence-electron chi connectivity index (χ0n) is 12.6. The lowest BCUT2D eigenvalue weighted by Gasteiger charge is -2.22. The summed E-state index contributed by atoms with van der Waals surface area (Å²) in [5.41, 5.74) is 1.44. The first-order chi connectivity index (χ1) is 10.3. The van der Waals surface area contributed by atoms with Crippen LogP contribution in [0.1, 0.15) is 23.0 Å². The summed E-state index contributed by atoms with van der Waals surface area (Å²) in [7, 11) is -2.30. The second-order valence-corrected chi connectivity index (χ2v) is 6.85. The van der Waals surface area contributed by atoms with E-state index in [1.807, 2.05) is 13.0 Å². The highest BCUT2D eigenvalue weighted by molar-refractivity contribution is 7.92. The van der Waals surface area contributed by atoms with E-state index in [1.54, 1.807) is 25.1 Å². The number of carbonyl (C=O) groups is 1. The third kappa shape index (κ3) is 2.85. The molecule has 1 aromatic carbocycles. The van der Waals surface area contributed by atoms with Crippen molar-refractivity contribution in [1.29, 1.82) is 0 Å². The Morgan fingerprint density at radius 3 is 2.50 bits per heavy atom. The Bertz CT molecular complexity index is 809. The molecule has 1 N–H and O–H groups in total. The third-order valence-electron chi connectivity index (χ3n) is 3.36. The smallest absolute Gasteiger partial charge is 0.352 e. The van der Waals surface area contributed by atoms with E-state index in [2.05, 4.69) is 0 Å². The van der Waals surface area contributed by atoms with Gasteiger partial charge in [-0.25, -0.2) is 13.2 Å². The fraction of sp³-hybridized carbons (Fsp3) is 0.267. The average Bonchev–Trinajstić information content (AvgIpc) is 2.82. The van der Waals surface area contributed by atoms with Crippen LogP contribution >= 0.6 is 0 Å². The number of aromatic nitrogens is 1. The van der Waals surface area contributed by atoms with Gasteiger partial charge in [-0.2, -0.15) is 0 Å². The van der Waals surface area contributed by atoms with Crippen LogP contribution in [0, 0.1) is 6.92 Å². The van der Waals surface area contributed by atoms with Crippen molar-refractivity contribution in [2.24, 2.45) is 7.05 Å². The van der Waals surface area contributed by atoms with Gasteiger partial charge in [0.2, 0.25) is 0 Å². The molecular weight excluding hydrogens is 304 g/mol. The molecule has 0 saturated heterocycles. The molecule has 0 aliphatic heterocycles. The van der Waals surface area contributed by atoms with Crippen LogP contribution in [0.4, 0.5) is 5.69 Å². The third-order valence-corrected chi connectivity index (χ3v) is 5.23. The number of hydrogen-bond acceptors (Lipinski definition) is 3. The number of aryl methyl sites for hydroxylation is 2. The van der Waals surface area contributed by atoms with Crippen molar-refractivity contribution in [3.8, 4) is 0 Å². The van der Waals surface area contributed by atoms with Gasteiger partial charge in [0, 0.05) is 19.8 Å². The van der Waals surface area contributed by atoms with Gasteiger partial charge in [-0.15, -0.1) is 0 Å². The number of sulfonamides is 1. The average molecular weight is 322 g/mol.